The number of anilines is 1. The van der Waals surface area contributed by atoms with Gasteiger partial charge in [0.05, 0.1) is 0 Å². The zero-order valence-corrected chi connectivity index (χ0v) is 14.1. The van der Waals surface area contributed by atoms with Crippen LogP contribution in [-0.4, -0.2) is 24.0 Å². The largest absolute Gasteiger partial charge is 0.349 e. The summed E-state index contributed by atoms with van der Waals surface area (Å²) in [6.45, 7) is 0. The van der Waals surface area contributed by atoms with Crippen molar-refractivity contribution in [3.05, 3.63) is 29.8 Å². The van der Waals surface area contributed by atoms with Gasteiger partial charge in [0.2, 0.25) is 0 Å². The molecule has 0 unspecified atom stereocenters. The van der Waals surface area contributed by atoms with Crippen LogP contribution in [0.5, 0.6) is 0 Å². The molecular formula is C19H27N3O2. The van der Waals surface area contributed by atoms with Crippen molar-refractivity contribution >= 4 is 17.6 Å². The fourth-order valence-electron chi connectivity index (χ4n) is 3.19. The maximum Gasteiger partial charge on any atom is 0.319 e. The number of hydrogen-bond acceptors (Lipinski definition) is 2. The van der Waals surface area contributed by atoms with Gasteiger partial charge in [0.1, 0.15) is 0 Å². The molecule has 2 fully saturated rings. The van der Waals surface area contributed by atoms with E-state index >= 15 is 0 Å². The van der Waals surface area contributed by atoms with Crippen molar-refractivity contribution in [2.24, 2.45) is 0 Å². The molecule has 2 saturated carbocycles. The number of urea groups is 1. The van der Waals surface area contributed by atoms with Gasteiger partial charge in [-0.2, -0.15) is 0 Å². The lowest BCUT2D eigenvalue weighted by Crippen LogP contribution is -2.38. The Labute approximate surface area is 143 Å². The van der Waals surface area contributed by atoms with Crippen LogP contribution in [0.15, 0.2) is 24.3 Å². The zero-order chi connectivity index (χ0) is 16.8. The van der Waals surface area contributed by atoms with E-state index < -0.39 is 0 Å². The molecule has 2 aliphatic carbocycles. The highest BCUT2D eigenvalue weighted by atomic mass is 16.2. The van der Waals surface area contributed by atoms with Crippen LogP contribution >= 0.6 is 0 Å². The number of nitrogens with one attached hydrogen (secondary N) is 3. The van der Waals surface area contributed by atoms with Crippen LogP contribution in [0, 0.1) is 0 Å². The highest BCUT2D eigenvalue weighted by Crippen LogP contribution is 2.20. The molecule has 2 aliphatic rings. The molecular weight excluding hydrogens is 302 g/mol. The summed E-state index contributed by atoms with van der Waals surface area (Å²) in [7, 11) is 0. The fraction of sp³-hybridized carbons (Fsp3) is 0.579. The van der Waals surface area contributed by atoms with E-state index in [2.05, 4.69) is 16.0 Å². The molecule has 0 atom stereocenters. The van der Waals surface area contributed by atoms with E-state index in [0.717, 1.165) is 25.7 Å². The van der Waals surface area contributed by atoms with E-state index in [0.29, 0.717) is 17.3 Å². The highest BCUT2D eigenvalue weighted by Gasteiger charge is 2.23. The summed E-state index contributed by atoms with van der Waals surface area (Å²) in [5, 5.41) is 8.90. The van der Waals surface area contributed by atoms with Gasteiger partial charge in [-0.15, -0.1) is 0 Å². The summed E-state index contributed by atoms with van der Waals surface area (Å²) in [6.07, 6.45) is 10.4. The fourth-order valence-corrected chi connectivity index (χ4v) is 3.19. The molecule has 0 spiro atoms. The van der Waals surface area contributed by atoms with Crippen LogP contribution in [0.4, 0.5) is 10.5 Å². The van der Waals surface area contributed by atoms with E-state index in [9.17, 15) is 9.59 Å². The van der Waals surface area contributed by atoms with Crippen LogP contribution in [0.3, 0.4) is 0 Å². The van der Waals surface area contributed by atoms with Crippen LogP contribution in [0.25, 0.3) is 0 Å². The lowest BCUT2D eigenvalue weighted by Gasteiger charge is -2.21. The molecule has 3 N–H and O–H groups in total. The molecule has 0 heterocycles. The van der Waals surface area contributed by atoms with Gasteiger partial charge in [-0.25, -0.2) is 4.79 Å². The van der Waals surface area contributed by atoms with Gasteiger partial charge in [-0.05, 0) is 43.9 Å². The van der Waals surface area contributed by atoms with Gasteiger partial charge in [0, 0.05) is 23.3 Å². The molecule has 0 radical (unpaired) electrons. The SMILES string of the molecule is O=C(Nc1cccc(C(=O)NC2CC2)c1)NC1CCCCCCC1. The monoisotopic (exact) mass is 329 g/mol. The topological polar surface area (TPSA) is 70.2 Å². The van der Waals surface area contributed by atoms with Crippen molar-refractivity contribution in [3.63, 3.8) is 0 Å². The Morgan fingerprint density at radius 2 is 1.50 bits per heavy atom. The Morgan fingerprint density at radius 3 is 2.21 bits per heavy atom. The Balaban J connectivity index is 1.52. The first kappa shape index (κ1) is 16.8. The second-order valence-electron chi connectivity index (χ2n) is 6.97. The molecule has 5 nitrogen and oxygen atoms in total. The highest BCUT2D eigenvalue weighted by molar-refractivity contribution is 5.97. The first-order valence-electron chi connectivity index (χ1n) is 9.19. The summed E-state index contributed by atoms with van der Waals surface area (Å²) in [4.78, 5) is 24.3. The van der Waals surface area contributed by atoms with Crippen LogP contribution in [0.2, 0.25) is 0 Å². The summed E-state index contributed by atoms with van der Waals surface area (Å²) in [5.74, 6) is -0.0680. The Bertz CT molecular complexity index is 576. The predicted octanol–water partition coefficient (Wildman–Crippen LogP) is 3.81. The van der Waals surface area contributed by atoms with Crippen LogP contribution in [0.1, 0.15) is 68.1 Å². The lowest BCUT2D eigenvalue weighted by atomic mass is 9.97. The number of carbonyl (C=O) groups excluding carboxylic acids is 2. The quantitative estimate of drug-likeness (QED) is 0.786. The van der Waals surface area contributed by atoms with Gasteiger partial charge >= 0.3 is 6.03 Å². The van der Waals surface area contributed by atoms with Crippen molar-refractivity contribution in [1.29, 1.82) is 0 Å². The van der Waals surface area contributed by atoms with Gasteiger partial charge in [-0.3, -0.25) is 4.79 Å². The standard InChI is InChI=1S/C19H27N3O2/c23-18(20-16-11-12-16)14-7-6-10-17(13-14)22-19(24)21-15-8-4-2-1-3-5-9-15/h6-7,10,13,15-16H,1-5,8-9,11-12H2,(H,20,23)(H2,21,22,24). The first-order chi connectivity index (χ1) is 11.7. The maximum absolute atomic E-state index is 12.2. The molecule has 1 aromatic rings. The van der Waals surface area contributed by atoms with E-state index in [-0.39, 0.29) is 18.0 Å². The molecule has 0 aliphatic heterocycles. The molecule has 24 heavy (non-hydrogen) atoms. The van der Waals surface area contributed by atoms with Crippen molar-refractivity contribution in [2.75, 3.05) is 5.32 Å². The van der Waals surface area contributed by atoms with Gasteiger partial charge in [0.25, 0.3) is 5.91 Å². The second-order valence-corrected chi connectivity index (χ2v) is 6.97. The molecule has 3 amide bonds. The normalized spacial score (nSPS) is 19.0. The third kappa shape index (κ3) is 5.25. The third-order valence-electron chi connectivity index (χ3n) is 4.74. The van der Waals surface area contributed by atoms with Gasteiger partial charge < -0.3 is 16.0 Å². The number of benzene rings is 1. The second kappa shape index (κ2) is 8.18. The minimum absolute atomic E-state index is 0.0680. The Kier molecular flexibility index (Phi) is 5.72. The van der Waals surface area contributed by atoms with Crippen molar-refractivity contribution in [1.82, 2.24) is 10.6 Å². The average Bonchev–Trinajstić information content (AvgIpc) is 3.34. The summed E-state index contributed by atoms with van der Waals surface area (Å²) in [5.41, 5.74) is 1.24. The zero-order valence-electron chi connectivity index (χ0n) is 14.1. The summed E-state index contributed by atoms with van der Waals surface area (Å²) < 4.78 is 0. The third-order valence-corrected chi connectivity index (χ3v) is 4.74. The Hall–Kier alpha value is -2.04. The first-order valence-corrected chi connectivity index (χ1v) is 9.19. The smallest absolute Gasteiger partial charge is 0.319 e. The molecule has 5 heteroatoms. The minimum Gasteiger partial charge on any atom is -0.349 e. The molecule has 1 aromatic carbocycles. The average molecular weight is 329 g/mol. The molecule has 0 saturated heterocycles. The molecule has 3 rings (SSSR count). The number of carbonyl (C=O) groups is 2. The van der Waals surface area contributed by atoms with E-state index in [4.69, 9.17) is 0 Å². The van der Waals surface area contributed by atoms with Crippen LogP contribution in [-0.2, 0) is 0 Å². The van der Waals surface area contributed by atoms with E-state index in [1.54, 1.807) is 18.2 Å². The molecule has 130 valence electrons. The predicted molar refractivity (Wildman–Crippen MR) is 95.2 cm³/mol. The van der Waals surface area contributed by atoms with Crippen LogP contribution < -0.4 is 16.0 Å². The minimum atomic E-state index is -0.180. The lowest BCUT2D eigenvalue weighted by molar-refractivity contribution is 0.0951. The molecule has 0 aromatic heterocycles. The molecule has 0 bridgehead atoms. The number of hydrogen-bond donors (Lipinski definition) is 3. The number of rotatable bonds is 4. The van der Waals surface area contributed by atoms with Crippen molar-refractivity contribution in [2.45, 2.75) is 69.9 Å². The van der Waals surface area contributed by atoms with E-state index in [1.165, 1.54) is 32.1 Å². The number of amides is 3. The van der Waals surface area contributed by atoms with Gasteiger partial charge in [0.15, 0.2) is 0 Å². The summed E-state index contributed by atoms with van der Waals surface area (Å²) in [6, 6.07) is 7.52. The van der Waals surface area contributed by atoms with Crippen molar-refractivity contribution < 1.29 is 9.59 Å². The Morgan fingerprint density at radius 1 is 0.833 bits per heavy atom. The van der Waals surface area contributed by atoms with E-state index in [1.807, 2.05) is 6.07 Å². The maximum atomic E-state index is 12.2. The summed E-state index contributed by atoms with van der Waals surface area (Å²) >= 11 is 0. The van der Waals surface area contributed by atoms with Crippen molar-refractivity contribution in [3.8, 4) is 0 Å². The van der Waals surface area contributed by atoms with Gasteiger partial charge in [-0.1, -0.05) is 38.2 Å².